The van der Waals surface area contributed by atoms with Gasteiger partial charge in [0.05, 0.1) is 21.6 Å². The largest absolute Gasteiger partial charge is 0.479 e. The van der Waals surface area contributed by atoms with E-state index in [1.807, 2.05) is 0 Å². The summed E-state index contributed by atoms with van der Waals surface area (Å²) >= 11 is 6.10. The number of nitrogens with zero attached hydrogens (tertiary/aromatic N) is 1. The summed E-state index contributed by atoms with van der Waals surface area (Å²) in [6, 6.07) is -1.00. The van der Waals surface area contributed by atoms with Crippen molar-refractivity contribution in [3.63, 3.8) is 0 Å². The van der Waals surface area contributed by atoms with Gasteiger partial charge in [-0.1, -0.05) is 24.0 Å². The van der Waals surface area contributed by atoms with Gasteiger partial charge >= 0.3 is 5.97 Å². The van der Waals surface area contributed by atoms with Crippen molar-refractivity contribution in [1.29, 1.82) is 0 Å². The number of amides is 1. The van der Waals surface area contributed by atoms with E-state index in [1.54, 1.807) is 0 Å². The van der Waals surface area contributed by atoms with Crippen molar-refractivity contribution in [1.82, 2.24) is 4.90 Å². The van der Waals surface area contributed by atoms with Crippen LogP contribution in [0.3, 0.4) is 0 Å². The molecule has 0 aromatic carbocycles. The fraction of sp³-hybridized carbons (Fsp3) is 0.625. The maximum atomic E-state index is 11.6. The fourth-order valence-electron chi connectivity index (χ4n) is 1.88. The molecule has 2 heterocycles. The van der Waals surface area contributed by atoms with E-state index in [9.17, 15) is 14.7 Å². The van der Waals surface area contributed by atoms with Crippen molar-refractivity contribution < 1.29 is 19.8 Å². The Morgan fingerprint density at radius 2 is 2.27 bits per heavy atom. The van der Waals surface area contributed by atoms with Gasteiger partial charge in [-0.05, 0) is 6.92 Å². The van der Waals surface area contributed by atoms with Crippen molar-refractivity contribution >= 4 is 40.1 Å². The molecule has 0 saturated carbocycles. The minimum absolute atomic E-state index is 0.295. The molecule has 5 nitrogen and oxygen atoms in total. The molecule has 2 fully saturated rings. The molecule has 0 aliphatic carbocycles. The standard InChI is InChI=1S/C8H9NO4S2/c1-2(10)3-5(11)9-4(7(12)13)8(14)15-6(3)9/h2-4,6,10H,1H3,(H,12,13). The Morgan fingerprint density at radius 1 is 1.67 bits per heavy atom. The van der Waals surface area contributed by atoms with Crippen LogP contribution in [0.25, 0.3) is 0 Å². The molecule has 0 radical (unpaired) electrons. The summed E-state index contributed by atoms with van der Waals surface area (Å²) in [7, 11) is 0. The molecule has 2 aliphatic heterocycles. The van der Waals surface area contributed by atoms with E-state index in [2.05, 4.69) is 0 Å². The van der Waals surface area contributed by atoms with E-state index in [-0.39, 0.29) is 11.3 Å². The van der Waals surface area contributed by atoms with Crippen LogP contribution in [-0.2, 0) is 9.59 Å². The lowest BCUT2D eigenvalue weighted by Crippen LogP contribution is -2.64. The Morgan fingerprint density at radius 3 is 2.73 bits per heavy atom. The molecule has 4 atom stereocenters. The van der Waals surface area contributed by atoms with Crippen LogP contribution < -0.4 is 0 Å². The van der Waals surface area contributed by atoms with E-state index < -0.39 is 24.0 Å². The Bertz CT molecular complexity index is 357. The molecule has 7 heteroatoms. The Balaban J connectivity index is 2.23. The number of hydrogen-bond donors (Lipinski definition) is 2. The van der Waals surface area contributed by atoms with Crippen LogP contribution in [0.5, 0.6) is 0 Å². The summed E-state index contributed by atoms with van der Waals surface area (Å²) in [6.07, 6.45) is -0.762. The third-order valence-corrected chi connectivity index (χ3v) is 4.34. The van der Waals surface area contributed by atoms with E-state index in [1.165, 1.54) is 23.6 Å². The normalized spacial score (nSPS) is 36.1. The molecule has 82 valence electrons. The Labute approximate surface area is 95.4 Å². The van der Waals surface area contributed by atoms with Gasteiger partial charge in [-0.2, -0.15) is 0 Å². The molecule has 2 N–H and O–H groups in total. The van der Waals surface area contributed by atoms with E-state index >= 15 is 0 Å². The third kappa shape index (κ3) is 1.37. The Hall–Kier alpha value is -0.660. The molecule has 2 rings (SSSR count). The summed E-state index contributed by atoms with van der Waals surface area (Å²) in [5.74, 6) is -1.94. The maximum Gasteiger partial charge on any atom is 0.332 e. The first-order valence-electron chi connectivity index (χ1n) is 4.38. The number of hydrogen-bond acceptors (Lipinski definition) is 5. The number of fused-ring (bicyclic) bond motifs is 1. The van der Waals surface area contributed by atoms with Crippen LogP contribution in [0.4, 0.5) is 0 Å². The van der Waals surface area contributed by atoms with Crippen LogP contribution in [0.1, 0.15) is 6.92 Å². The van der Waals surface area contributed by atoms with Gasteiger partial charge in [-0.15, -0.1) is 0 Å². The van der Waals surface area contributed by atoms with Crippen molar-refractivity contribution in [3.8, 4) is 0 Å². The number of carbonyl (C=O) groups excluding carboxylic acids is 1. The first-order valence-corrected chi connectivity index (χ1v) is 5.67. The van der Waals surface area contributed by atoms with Crippen LogP contribution >= 0.6 is 24.0 Å². The molecule has 0 bridgehead atoms. The highest BCUT2D eigenvalue weighted by Gasteiger charge is 2.60. The second kappa shape index (κ2) is 3.43. The van der Waals surface area contributed by atoms with Crippen LogP contribution in [0, 0.1) is 5.92 Å². The highest BCUT2D eigenvalue weighted by molar-refractivity contribution is 8.24. The van der Waals surface area contributed by atoms with Gasteiger partial charge in [0.15, 0.2) is 6.04 Å². The van der Waals surface area contributed by atoms with Crippen molar-refractivity contribution in [2.24, 2.45) is 5.92 Å². The van der Waals surface area contributed by atoms with Gasteiger partial charge in [0.25, 0.3) is 0 Å². The molecule has 15 heavy (non-hydrogen) atoms. The van der Waals surface area contributed by atoms with Gasteiger partial charge in [0.2, 0.25) is 5.91 Å². The zero-order valence-electron chi connectivity index (χ0n) is 7.78. The predicted molar refractivity (Wildman–Crippen MR) is 57.4 cm³/mol. The van der Waals surface area contributed by atoms with Crippen molar-refractivity contribution in [2.75, 3.05) is 0 Å². The second-order valence-electron chi connectivity index (χ2n) is 3.58. The first kappa shape index (κ1) is 10.8. The van der Waals surface area contributed by atoms with Gasteiger partial charge in [-0.25, -0.2) is 4.79 Å². The predicted octanol–water partition coefficient (Wildman–Crippen LogP) is -0.321. The number of thiocarbonyl (C=S) groups is 1. The van der Waals surface area contributed by atoms with Gasteiger partial charge in [0, 0.05) is 0 Å². The summed E-state index contributed by atoms with van der Waals surface area (Å²) in [4.78, 5) is 23.7. The molecular formula is C8H9NO4S2. The lowest BCUT2D eigenvalue weighted by Gasteiger charge is -2.44. The van der Waals surface area contributed by atoms with Gasteiger partial charge < -0.3 is 15.1 Å². The van der Waals surface area contributed by atoms with Crippen LogP contribution in [0.15, 0.2) is 0 Å². The topological polar surface area (TPSA) is 77.8 Å². The highest BCUT2D eigenvalue weighted by atomic mass is 32.2. The SMILES string of the molecule is CC(O)C1C(=O)N2C(C(=O)O)C(=S)SC12. The molecule has 2 aliphatic rings. The molecular weight excluding hydrogens is 238 g/mol. The van der Waals surface area contributed by atoms with Crippen LogP contribution in [-0.4, -0.2) is 48.7 Å². The number of β-lactam (4-membered cyclic amide) rings is 1. The zero-order valence-corrected chi connectivity index (χ0v) is 9.42. The molecule has 1 amide bonds. The lowest BCUT2D eigenvalue weighted by atomic mass is 9.91. The second-order valence-corrected chi connectivity index (χ2v) is 5.44. The summed E-state index contributed by atoms with van der Waals surface area (Å²) in [6.45, 7) is 1.53. The molecule has 0 aromatic heterocycles. The minimum Gasteiger partial charge on any atom is -0.479 e. The van der Waals surface area contributed by atoms with E-state index in [0.717, 1.165) is 0 Å². The summed E-state index contributed by atoms with van der Waals surface area (Å²) in [5, 5.41) is 17.9. The van der Waals surface area contributed by atoms with E-state index in [0.29, 0.717) is 4.20 Å². The monoisotopic (exact) mass is 247 g/mol. The van der Waals surface area contributed by atoms with Crippen LogP contribution in [0.2, 0.25) is 0 Å². The molecule has 0 spiro atoms. The average molecular weight is 247 g/mol. The summed E-state index contributed by atoms with van der Waals surface area (Å²) in [5.41, 5.74) is 0. The first-order chi connectivity index (χ1) is 6.95. The fourth-order valence-corrected chi connectivity index (χ4v) is 3.80. The quantitative estimate of drug-likeness (QED) is 0.514. The van der Waals surface area contributed by atoms with E-state index in [4.69, 9.17) is 17.3 Å². The summed E-state index contributed by atoms with van der Waals surface area (Å²) < 4.78 is 0.295. The van der Waals surface area contributed by atoms with Gasteiger partial charge in [-0.3, -0.25) is 4.79 Å². The number of carbonyl (C=O) groups is 2. The number of thioether (sulfide) groups is 1. The maximum absolute atomic E-state index is 11.6. The minimum atomic E-state index is -1.10. The van der Waals surface area contributed by atoms with Gasteiger partial charge in [0.1, 0.15) is 0 Å². The number of aliphatic hydroxyl groups excluding tert-OH is 1. The van der Waals surface area contributed by atoms with Crippen molar-refractivity contribution in [3.05, 3.63) is 0 Å². The third-order valence-electron chi connectivity index (χ3n) is 2.61. The molecule has 4 unspecified atom stereocenters. The highest BCUT2D eigenvalue weighted by Crippen LogP contribution is 2.46. The zero-order chi connectivity index (χ0) is 11.3. The lowest BCUT2D eigenvalue weighted by molar-refractivity contribution is -0.164. The Kier molecular flexibility index (Phi) is 2.48. The number of aliphatic carboxylic acids is 1. The van der Waals surface area contributed by atoms with Crippen molar-refractivity contribution in [2.45, 2.75) is 24.4 Å². The smallest absolute Gasteiger partial charge is 0.332 e. The number of carboxylic acid groups (broad SMARTS) is 1. The molecule has 2 saturated heterocycles. The number of carboxylic acids is 1. The number of aliphatic hydroxyl groups is 1. The average Bonchev–Trinajstić information content (AvgIpc) is 2.38. The molecule has 0 aromatic rings. The number of rotatable bonds is 2.